The Morgan fingerprint density at radius 2 is 2.06 bits per heavy atom. The predicted octanol–water partition coefficient (Wildman–Crippen LogP) is 3.48. The number of fused-ring (bicyclic) bond motifs is 1. The van der Waals surface area contributed by atoms with Crippen LogP contribution in [-0.2, 0) is 6.42 Å². The second-order valence-electron chi connectivity index (χ2n) is 4.90. The monoisotopic (exact) mass is 234 g/mol. The summed E-state index contributed by atoms with van der Waals surface area (Å²) in [7, 11) is 0. The summed E-state index contributed by atoms with van der Waals surface area (Å²) in [4.78, 5) is 0. The highest BCUT2D eigenvalue weighted by atomic mass is 16.5. The van der Waals surface area contributed by atoms with Crippen molar-refractivity contribution >= 4 is 0 Å². The lowest BCUT2D eigenvalue weighted by atomic mass is 9.92. The molecule has 94 valence electrons. The van der Waals surface area contributed by atoms with Crippen LogP contribution < -0.4 is 4.74 Å². The molecule has 0 saturated carbocycles. The molecule has 0 radical (unpaired) electrons. The van der Waals surface area contributed by atoms with Crippen LogP contribution in [0.2, 0.25) is 0 Å². The zero-order chi connectivity index (χ0) is 12.3. The molecular weight excluding hydrogens is 212 g/mol. The first-order valence-electron chi connectivity index (χ1n) is 6.68. The average Bonchev–Trinajstić information content (AvgIpc) is 2.82. The second-order valence-corrected chi connectivity index (χ2v) is 4.90. The summed E-state index contributed by atoms with van der Waals surface area (Å²) < 4.78 is 5.47. The highest BCUT2D eigenvalue weighted by Gasteiger charge is 2.17. The van der Waals surface area contributed by atoms with Gasteiger partial charge in [-0.3, -0.25) is 0 Å². The Hall–Kier alpha value is -1.02. The molecule has 2 nitrogen and oxygen atoms in total. The molecule has 2 rings (SSSR count). The third-order valence-corrected chi connectivity index (χ3v) is 3.81. The van der Waals surface area contributed by atoms with Gasteiger partial charge in [0.25, 0.3) is 0 Å². The number of aliphatic hydroxyl groups excluding tert-OH is 1. The molecule has 1 aromatic rings. The molecule has 0 saturated heterocycles. The average molecular weight is 234 g/mol. The van der Waals surface area contributed by atoms with Gasteiger partial charge in [-0.2, -0.15) is 0 Å². The molecule has 1 N–H and O–H groups in total. The molecule has 1 aliphatic rings. The van der Waals surface area contributed by atoms with Crippen LogP contribution in [0.1, 0.15) is 50.3 Å². The van der Waals surface area contributed by atoms with Crippen molar-refractivity contribution in [3.05, 3.63) is 29.3 Å². The zero-order valence-corrected chi connectivity index (χ0v) is 10.8. The van der Waals surface area contributed by atoms with Gasteiger partial charge in [0, 0.05) is 6.42 Å². The van der Waals surface area contributed by atoms with E-state index in [0.717, 1.165) is 43.6 Å². The molecule has 0 bridgehead atoms. The highest BCUT2D eigenvalue weighted by molar-refractivity contribution is 5.40. The van der Waals surface area contributed by atoms with Crippen LogP contribution in [0.4, 0.5) is 0 Å². The predicted molar refractivity (Wildman–Crippen MR) is 69.3 cm³/mol. The number of hydrogen-bond acceptors (Lipinski definition) is 2. The van der Waals surface area contributed by atoms with Gasteiger partial charge in [0.1, 0.15) is 5.75 Å². The first kappa shape index (κ1) is 12.4. The van der Waals surface area contributed by atoms with Crippen molar-refractivity contribution in [3.8, 4) is 5.75 Å². The van der Waals surface area contributed by atoms with E-state index in [1.54, 1.807) is 0 Å². The van der Waals surface area contributed by atoms with E-state index in [9.17, 15) is 5.11 Å². The Morgan fingerprint density at radius 3 is 2.76 bits per heavy atom. The zero-order valence-electron chi connectivity index (χ0n) is 10.8. The van der Waals surface area contributed by atoms with Gasteiger partial charge in [0.05, 0.1) is 12.7 Å². The Labute approximate surface area is 104 Å². The van der Waals surface area contributed by atoms with Crippen molar-refractivity contribution in [3.63, 3.8) is 0 Å². The molecule has 1 atom stereocenters. The van der Waals surface area contributed by atoms with Crippen molar-refractivity contribution in [2.24, 2.45) is 5.92 Å². The fourth-order valence-electron chi connectivity index (χ4n) is 2.49. The fraction of sp³-hybridized carbons (Fsp3) is 0.600. The first-order valence-corrected chi connectivity index (χ1v) is 6.68. The molecular formula is C15H22O2. The number of rotatable bonds is 5. The third-order valence-electron chi connectivity index (χ3n) is 3.81. The number of ether oxygens (including phenoxy) is 1. The van der Waals surface area contributed by atoms with Crippen molar-refractivity contribution in [2.45, 2.75) is 45.6 Å². The largest absolute Gasteiger partial charge is 0.493 e. The van der Waals surface area contributed by atoms with Crippen LogP contribution in [0.25, 0.3) is 0 Å². The summed E-state index contributed by atoms with van der Waals surface area (Å²) in [5.41, 5.74) is 2.28. The van der Waals surface area contributed by atoms with E-state index in [0.29, 0.717) is 5.92 Å². The van der Waals surface area contributed by atoms with Crippen LogP contribution in [-0.4, -0.2) is 11.7 Å². The Balaban J connectivity index is 2.06. The van der Waals surface area contributed by atoms with E-state index in [2.05, 4.69) is 19.9 Å². The van der Waals surface area contributed by atoms with Crippen LogP contribution in [0.3, 0.4) is 0 Å². The highest BCUT2D eigenvalue weighted by Crippen LogP contribution is 2.31. The Kier molecular flexibility index (Phi) is 4.06. The molecule has 17 heavy (non-hydrogen) atoms. The molecule has 1 heterocycles. The smallest absolute Gasteiger partial charge is 0.122 e. The van der Waals surface area contributed by atoms with Crippen LogP contribution >= 0.6 is 0 Å². The minimum atomic E-state index is -0.328. The first-order chi connectivity index (χ1) is 8.24. The summed E-state index contributed by atoms with van der Waals surface area (Å²) >= 11 is 0. The SMILES string of the molecule is CCC(CC)CC(O)c1ccc2c(c1)CCO2. The molecule has 0 fully saturated rings. The van der Waals surface area contributed by atoms with Gasteiger partial charge >= 0.3 is 0 Å². The molecule has 1 aromatic carbocycles. The van der Waals surface area contributed by atoms with E-state index >= 15 is 0 Å². The van der Waals surface area contributed by atoms with E-state index in [1.165, 1.54) is 5.56 Å². The fourth-order valence-corrected chi connectivity index (χ4v) is 2.49. The summed E-state index contributed by atoms with van der Waals surface area (Å²) in [5.74, 6) is 1.61. The summed E-state index contributed by atoms with van der Waals surface area (Å²) in [6.07, 6.45) is 3.79. The summed E-state index contributed by atoms with van der Waals surface area (Å²) in [6.45, 7) is 5.16. The molecule has 0 aliphatic carbocycles. The van der Waals surface area contributed by atoms with Gasteiger partial charge in [-0.05, 0) is 35.6 Å². The lowest BCUT2D eigenvalue weighted by Crippen LogP contribution is -2.06. The Bertz CT molecular complexity index is 369. The van der Waals surface area contributed by atoms with E-state index < -0.39 is 0 Å². The van der Waals surface area contributed by atoms with Crippen molar-refractivity contribution in [2.75, 3.05) is 6.61 Å². The lowest BCUT2D eigenvalue weighted by Gasteiger charge is -2.18. The molecule has 0 spiro atoms. The van der Waals surface area contributed by atoms with Gasteiger partial charge < -0.3 is 9.84 Å². The second kappa shape index (κ2) is 5.54. The topological polar surface area (TPSA) is 29.5 Å². The van der Waals surface area contributed by atoms with Gasteiger partial charge in [0.2, 0.25) is 0 Å². The van der Waals surface area contributed by atoms with Crippen LogP contribution in [0.5, 0.6) is 5.75 Å². The maximum atomic E-state index is 10.2. The quantitative estimate of drug-likeness (QED) is 0.845. The number of benzene rings is 1. The van der Waals surface area contributed by atoms with E-state index in [-0.39, 0.29) is 6.10 Å². The normalized spacial score (nSPS) is 15.8. The minimum absolute atomic E-state index is 0.328. The minimum Gasteiger partial charge on any atom is -0.493 e. The van der Waals surface area contributed by atoms with Gasteiger partial charge in [-0.25, -0.2) is 0 Å². The third kappa shape index (κ3) is 2.81. The molecule has 1 unspecified atom stereocenters. The van der Waals surface area contributed by atoms with Gasteiger partial charge in [-0.1, -0.05) is 32.8 Å². The maximum absolute atomic E-state index is 10.2. The van der Waals surface area contributed by atoms with Gasteiger partial charge in [-0.15, -0.1) is 0 Å². The lowest BCUT2D eigenvalue weighted by molar-refractivity contribution is 0.141. The number of aliphatic hydroxyl groups is 1. The van der Waals surface area contributed by atoms with E-state index in [1.807, 2.05) is 12.1 Å². The molecule has 1 aliphatic heterocycles. The van der Waals surface area contributed by atoms with Crippen molar-refractivity contribution < 1.29 is 9.84 Å². The standard InChI is InChI=1S/C15H22O2/c1-3-11(4-2)9-14(16)12-5-6-15-13(10-12)7-8-17-15/h5-6,10-11,14,16H,3-4,7-9H2,1-2H3. The molecule has 0 aromatic heterocycles. The number of hydrogen-bond donors (Lipinski definition) is 1. The van der Waals surface area contributed by atoms with Gasteiger partial charge in [0.15, 0.2) is 0 Å². The summed E-state index contributed by atoms with van der Waals surface area (Å²) in [5, 5.41) is 10.2. The van der Waals surface area contributed by atoms with Crippen LogP contribution in [0, 0.1) is 5.92 Å². The maximum Gasteiger partial charge on any atom is 0.122 e. The van der Waals surface area contributed by atoms with E-state index in [4.69, 9.17) is 4.74 Å². The van der Waals surface area contributed by atoms with Crippen molar-refractivity contribution in [1.82, 2.24) is 0 Å². The molecule has 2 heteroatoms. The van der Waals surface area contributed by atoms with Crippen LogP contribution in [0.15, 0.2) is 18.2 Å². The Morgan fingerprint density at radius 1 is 1.29 bits per heavy atom. The molecule has 0 amide bonds. The summed E-state index contributed by atoms with van der Waals surface area (Å²) in [6, 6.07) is 6.10. The van der Waals surface area contributed by atoms with Crippen molar-refractivity contribution in [1.29, 1.82) is 0 Å².